The highest BCUT2D eigenvalue weighted by Crippen LogP contribution is 2.28. The molecule has 0 heterocycles. The maximum atomic E-state index is 11.7. The Bertz CT molecular complexity index is 545. The second-order valence-electron chi connectivity index (χ2n) is 5.33. The van der Waals surface area contributed by atoms with Gasteiger partial charge >= 0.3 is 0 Å². The van der Waals surface area contributed by atoms with Crippen LogP contribution in [0.25, 0.3) is 6.08 Å². The molecule has 6 nitrogen and oxygen atoms in total. The van der Waals surface area contributed by atoms with Crippen LogP contribution >= 0.6 is 0 Å². The highest BCUT2D eigenvalue weighted by molar-refractivity contribution is 5.91. The molecular formula is C15H18N2O4. The lowest BCUT2D eigenvalue weighted by Gasteiger charge is -2.21. The molecule has 0 unspecified atom stereocenters. The minimum Gasteiger partial charge on any atom is -0.388 e. The quantitative estimate of drug-likeness (QED) is 0.493. The molecule has 0 atom stereocenters. The number of amides is 1. The third-order valence-corrected chi connectivity index (χ3v) is 3.66. The fourth-order valence-corrected chi connectivity index (χ4v) is 2.40. The predicted molar refractivity (Wildman–Crippen MR) is 78.6 cm³/mol. The van der Waals surface area contributed by atoms with Crippen molar-refractivity contribution in [1.29, 1.82) is 0 Å². The summed E-state index contributed by atoms with van der Waals surface area (Å²) in [5.41, 5.74) is -0.0491. The van der Waals surface area contributed by atoms with E-state index in [2.05, 4.69) is 5.32 Å². The first-order valence-electron chi connectivity index (χ1n) is 6.91. The summed E-state index contributed by atoms with van der Waals surface area (Å²) in [6.45, 7) is 0.260. The zero-order valence-corrected chi connectivity index (χ0v) is 11.6. The Morgan fingerprint density at radius 3 is 2.52 bits per heavy atom. The lowest BCUT2D eigenvalue weighted by Crippen LogP contribution is -2.40. The number of aliphatic hydroxyl groups is 1. The minimum atomic E-state index is -0.767. The van der Waals surface area contributed by atoms with E-state index in [1.807, 2.05) is 0 Å². The number of carbonyl (C=O) groups is 1. The Morgan fingerprint density at radius 1 is 1.33 bits per heavy atom. The lowest BCUT2D eigenvalue weighted by molar-refractivity contribution is -0.384. The van der Waals surface area contributed by atoms with E-state index in [4.69, 9.17) is 0 Å². The number of hydrogen-bond donors (Lipinski definition) is 2. The molecule has 0 aromatic heterocycles. The van der Waals surface area contributed by atoms with E-state index >= 15 is 0 Å². The highest BCUT2D eigenvalue weighted by Gasteiger charge is 2.30. The van der Waals surface area contributed by atoms with Crippen LogP contribution in [0, 0.1) is 10.1 Å². The van der Waals surface area contributed by atoms with E-state index in [1.165, 1.54) is 18.2 Å². The van der Waals surface area contributed by atoms with Gasteiger partial charge in [0.25, 0.3) is 5.69 Å². The van der Waals surface area contributed by atoms with Crippen LogP contribution in [-0.4, -0.2) is 28.1 Å². The van der Waals surface area contributed by atoms with Crippen LogP contribution in [0.15, 0.2) is 30.3 Å². The van der Waals surface area contributed by atoms with Crippen molar-refractivity contribution in [3.05, 3.63) is 46.0 Å². The average Bonchev–Trinajstić information content (AvgIpc) is 2.91. The zero-order chi connectivity index (χ0) is 15.3. The number of carbonyl (C=O) groups excluding carboxylic acids is 1. The van der Waals surface area contributed by atoms with Gasteiger partial charge in [0.05, 0.1) is 10.5 Å². The van der Waals surface area contributed by atoms with Gasteiger partial charge in [-0.25, -0.2) is 0 Å². The molecule has 21 heavy (non-hydrogen) atoms. The molecule has 112 valence electrons. The number of non-ortho nitro benzene ring substituents is 1. The van der Waals surface area contributed by atoms with E-state index in [9.17, 15) is 20.0 Å². The maximum Gasteiger partial charge on any atom is 0.269 e. The molecule has 2 N–H and O–H groups in total. The van der Waals surface area contributed by atoms with Gasteiger partial charge in [0.15, 0.2) is 0 Å². The molecule has 1 aromatic carbocycles. The largest absolute Gasteiger partial charge is 0.388 e. The average molecular weight is 290 g/mol. The van der Waals surface area contributed by atoms with E-state index < -0.39 is 10.5 Å². The van der Waals surface area contributed by atoms with Crippen molar-refractivity contribution in [2.75, 3.05) is 6.54 Å². The molecule has 1 aliphatic rings. The van der Waals surface area contributed by atoms with E-state index in [0.29, 0.717) is 5.56 Å². The van der Waals surface area contributed by atoms with Crippen molar-refractivity contribution in [1.82, 2.24) is 5.32 Å². The van der Waals surface area contributed by atoms with Crippen molar-refractivity contribution >= 4 is 17.7 Å². The zero-order valence-electron chi connectivity index (χ0n) is 11.6. The predicted octanol–water partition coefficient (Wildman–Crippen LogP) is 2.03. The molecule has 0 saturated heterocycles. The van der Waals surface area contributed by atoms with Crippen molar-refractivity contribution < 1.29 is 14.8 Å². The van der Waals surface area contributed by atoms with E-state index in [1.54, 1.807) is 18.2 Å². The molecule has 0 bridgehead atoms. The number of nitro groups is 1. The number of nitrogens with one attached hydrogen (secondary N) is 1. The van der Waals surface area contributed by atoms with E-state index in [-0.39, 0.29) is 18.1 Å². The van der Waals surface area contributed by atoms with Crippen LogP contribution in [0.3, 0.4) is 0 Å². The Hall–Kier alpha value is -2.21. The summed E-state index contributed by atoms with van der Waals surface area (Å²) < 4.78 is 0. The van der Waals surface area contributed by atoms with Crippen LogP contribution in [0.4, 0.5) is 5.69 Å². The third-order valence-electron chi connectivity index (χ3n) is 3.66. The number of rotatable bonds is 5. The van der Waals surface area contributed by atoms with Crippen LogP contribution < -0.4 is 5.32 Å². The third kappa shape index (κ3) is 4.39. The van der Waals surface area contributed by atoms with Gasteiger partial charge in [-0.15, -0.1) is 0 Å². The number of nitro benzene ring substituents is 1. The molecule has 1 saturated carbocycles. The maximum absolute atomic E-state index is 11.7. The van der Waals surface area contributed by atoms with Crippen molar-refractivity contribution in [2.45, 2.75) is 31.3 Å². The summed E-state index contributed by atoms with van der Waals surface area (Å²) in [7, 11) is 0. The number of hydrogen-bond acceptors (Lipinski definition) is 4. The monoisotopic (exact) mass is 290 g/mol. The van der Waals surface area contributed by atoms with Gasteiger partial charge in [0.1, 0.15) is 0 Å². The van der Waals surface area contributed by atoms with Gasteiger partial charge in [0.2, 0.25) is 5.91 Å². The van der Waals surface area contributed by atoms with Crippen molar-refractivity contribution in [3.8, 4) is 0 Å². The summed E-state index contributed by atoms with van der Waals surface area (Å²) in [5, 5.41) is 23.3. The topological polar surface area (TPSA) is 92.5 Å². The van der Waals surface area contributed by atoms with Gasteiger partial charge in [-0.3, -0.25) is 14.9 Å². The standard InChI is InChI=1S/C15H18N2O4/c18-14(16-11-15(19)9-1-2-10-15)8-5-12-3-6-13(7-4-12)17(20)21/h3-8,19H,1-2,9-11H2,(H,16,18)/b8-5+. The van der Waals surface area contributed by atoms with Crippen LogP contribution in [-0.2, 0) is 4.79 Å². The van der Waals surface area contributed by atoms with Gasteiger partial charge in [-0.05, 0) is 36.6 Å². The first-order chi connectivity index (χ1) is 9.98. The second-order valence-corrected chi connectivity index (χ2v) is 5.33. The van der Waals surface area contributed by atoms with Crippen molar-refractivity contribution in [2.24, 2.45) is 0 Å². The SMILES string of the molecule is O=C(/C=C/c1ccc([N+](=O)[O-])cc1)NCC1(O)CCCC1. The summed E-state index contributed by atoms with van der Waals surface area (Å²) >= 11 is 0. The van der Waals surface area contributed by atoms with Crippen molar-refractivity contribution in [3.63, 3.8) is 0 Å². The Morgan fingerprint density at radius 2 is 1.95 bits per heavy atom. The fourth-order valence-electron chi connectivity index (χ4n) is 2.40. The normalized spacial score (nSPS) is 17.0. The molecule has 1 fully saturated rings. The Kier molecular flexibility index (Phi) is 4.70. The molecule has 2 rings (SSSR count). The summed E-state index contributed by atoms with van der Waals surface area (Å²) in [5.74, 6) is -0.284. The first kappa shape index (κ1) is 15.2. The summed E-state index contributed by atoms with van der Waals surface area (Å²) in [6, 6.07) is 5.93. The van der Waals surface area contributed by atoms with Crippen LogP contribution in [0.5, 0.6) is 0 Å². The Labute approximate surface area is 122 Å². The molecule has 1 aromatic rings. The molecular weight excluding hydrogens is 272 g/mol. The minimum absolute atomic E-state index is 0.0139. The van der Waals surface area contributed by atoms with Crippen LogP contribution in [0.2, 0.25) is 0 Å². The van der Waals surface area contributed by atoms with Gasteiger partial charge < -0.3 is 10.4 Å². The number of benzene rings is 1. The molecule has 1 amide bonds. The second kappa shape index (κ2) is 6.49. The summed E-state index contributed by atoms with van der Waals surface area (Å²) in [4.78, 5) is 21.7. The molecule has 0 spiro atoms. The van der Waals surface area contributed by atoms with Gasteiger partial charge in [-0.2, -0.15) is 0 Å². The van der Waals surface area contributed by atoms with E-state index in [0.717, 1.165) is 25.7 Å². The fraction of sp³-hybridized carbons (Fsp3) is 0.400. The molecule has 0 aliphatic heterocycles. The van der Waals surface area contributed by atoms with Gasteiger partial charge in [-0.1, -0.05) is 12.8 Å². The smallest absolute Gasteiger partial charge is 0.269 e. The first-order valence-corrected chi connectivity index (χ1v) is 6.91. The molecule has 6 heteroatoms. The summed E-state index contributed by atoms with van der Waals surface area (Å²) in [6.07, 6.45) is 6.37. The highest BCUT2D eigenvalue weighted by atomic mass is 16.6. The lowest BCUT2D eigenvalue weighted by atomic mass is 10.0. The molecule has 0 radical (unpaired) electrons. The Balaban J connectivity index is 1.85. The van der Waals surface area contributed by atoms with Gasteiger partial charge in [0, 0.05) is 24.8 Å². The number of nitrogens with zero attached hydrogens (tertiary/aromatic N) is 1. The van der Waals surface area contributed by atoms with Crippen LogP contribution in [0.1, 0.15) is 31.2 Å². The molecule has 1 aliphatic carbocycles.